The Balaban J connectivity index is 1.83. The lowest BCUT2D eigenvalue weighted by molar-refractivity contribution is 0.773. The number of hydrogen-bond acceptors (Lipinski definition) is 3. The molecule has 0 spiro atoms. The van der Waals surface area contributed by atoms with Crippen molar-refractivity contribution in [3.8, 4) is 0 Å². The minimum atomic E-state index is 0.613. The number of halogens is 2. The van der Waals surface area contributed by atoms with Crippen molar-refractivity contribution in [2.45, 2.75) is 13.5 Å². The van der Waals surface area contributed by atoms with Crippen LogP contribution in [-0.4, -0.2) is 14.8 Å². The van der Waals surface area contributed by atoms with Crippen LogP contribution in [-0.2, 0) is 13.6 Å². The Labute approximate surface area is 132 Å². The number of aryl methyl sites for hydroxylation is 2. The first-order chi connectivity index (χ1) is 10.0. The van der Waals surface area contributed by atoms with Crippen molar-refractivity contribution >= 4 is 39.9 Å². The van der Waals surface area contributed by atoms with Crippen LogP contribution in [0.5, 0.6) is 0 Å². The molecule has 0 aliphatic rings. The zero-order chi connectivity index (χ0) is 15.0. The second-order valence-corrected chi connectivity index (χ2v) is 5.81. The number of fused-ring (bicyclic) bond motifs is 1. The molecule has 1 aromatic carbocycles. The maximum Gasteiger partial charge on any atom is 0.157 e. The van der Waals surface area contributed by atoms with Gasteiger partial charge < -0.3 is 5.32 Å². The molecule has 0 aliphatic carbocycles. The Morgan fingerprint density at radius 3 is 2.57 bits per heavy atom. The lowest BCUT2D eigenvalue weighted by Crippen LogP contribution is -2.00. The highest BCUT2D eigenvalue weighted by Crippen LogP contribution is 2.23. The molecule has 0 radical (unpaired) electrons. The van der Waals surface area contributed by atoms with Gasteiger partial charge in [0.15, 0.2) is 5.65 Å². The van der Waals surface area contributed by atoms with Crippen LogP contribution in [0.15, 0.2) is 30.5 Å². The number of pyridine rings is 1. The van der Waals surface area contributed by atoms with Crippen molar-refractivity contribution in [1.29, 1.82) is 0 Å². The molecule has 0 bridgehead atoms. The molecule has 21 heavy (non-hydrogen) atoms. The van der Waals surface area contributed by atoms with E-state index in [-0.39, 0.29) is 0 Å². The number of aromatic nitrogens is 3. The van der Waals surface area contributed by atoms with Crippen LogP contribution >= 0.6 is 23.2 Å². The Kier molecular flexibility index (Phi) is 3.74. The van der Waals surface area contributed by atoms with Crippen molar-refractivity contribution < 1.29 is 0 Å². The van der Waals surface area contributed by atoms with Crippen molar-refractivity contribution in [2.24, 2.45) is 7.05 Å². The smallest absolute Gasteiger partial charge is 0.157 e. The Bertz CT molecular complexity index is 791. The Morgan fingerprint density at radius 2 is 1.86 bits per heavy atom. The van der Waals surface area contributed by atoms with Crippen LogP contribution in [0, 0.1) is 6.92 Å². The molecule has 0 unspecified atom stereocenters. The predicted octanol–water partition coefficient (Wildman–Crippen LogP) is 4.20. The number of nitrogens with one attached hydrogen (secondary N) is 1. The van der Waals surface area contributed by atoms with Crippen LogP contribution in [0.25, 0.3) is 11.0 Å². The fourth-order valence-corrected chi connectivity index (χ4v) is 2.83. The summed E-state index contributed by atoms with van der Waals surface area (Å²) in [7, 11) is 1.90. The summed E-state index contributed by atoms with van der Waals surface area (Å²) in [5.74, 6) is 0. The topological polar surface area (TPSA) is 42.7 Å². The summed E-state index contributed by atoms with van der Waals surface area (Å²) < 4.78 is 1.79. The summed E-state index contributed by atoms with van der Waals surface area (Å²) in [4.78, 5) is 4.46. The van der Waals surface area contributed by atoms with E-state index in [9.17, 15) is 0 Å². The molecule has 0 aliphatic heterocycles. The zero-order valence-electron chi connectivity index (χ0n) is 11.7. The summed E-state index contributed by atoms with van der Waals surface area (Å²) in [6.45, 7) is 2.63. The van der Waals surface area contributed by atoms with Gasteiger partial charge in [-0.25, -0.2) is 4.98 Å². The predicted molar refractivity (Wildman–Crippen MR) is 87.0 cm³/mol. The third-order valence-electron chi connectivity index (χ3n) is 3.28. The second kappa shape index (κ2) is 5.54. The van der Waals surface area contributed by atoms with Gasteiger partial charge in [0.25, 0.3) is 0 Å². The Hall–Kier alpha value is -1.78. The van der Waals surface area contributed by atoms with Gasteiger partial charge in [0, 0.05) is 40.9 Å². The van der Waals surface area contributed by atoms with E-state index in [2.05, 4.69) is 21.5 Å². The number of benzene rings is 1. The van der Waals surface area contributed by atoms with Gasteiger partial charge >= 0.3 is 0 Å². The van der Waals surface area contributed by atoms with Gasteiger partial charge in [-0.3, -0.25) is 4.68 Å². The molecule has 6 heteroatoms. The van der Waals surface area contributed by atoms with Crippen molar-refractivity contribution in [3.63, 3.8) is 0 Å². The van der Waals surface area contributed by atoms with Crippen LogP contribution in [0.3, 0.4) is 0 Å². The average Bonchev–Trinajstić information content (AvgIpc) is 2.70. The van der Waals surface area contributed by atoms with Crippen LogP contribution < -0.4 is 5.32 Å². The quantitative estimate of drug-likeness (QED) is 0.786. The van der Waals surface area contributed by atoms with Gasteiger partial charge in [-0.05, 0) is 36.8 Å². The maximum absolute atomic E-state index is 5.99. The zero-order valence-corrected chi connectivity index (χ0v) is 13.2. The number of rotatable bonds is 3. The van der Waals surface area contributed by atoms with E-state index in [0.717, 1.165) is 28.0 Å². The minimum Gasteiger partial charge on any atom is -0.381 e. The molecule has 3 rings (SSSR count). The Morgan fingerprint density at radius 1 is 1.14 bits per heavy atom. The molecule has 4 nitrogen and oxygen atoms in total. The van der Waals surface area contributed by atoms with E-state index in [0.29, 0.717) is 16.6 Å². The highest BCUT2D eigenvalue weighted by Gasteiger charge is 2.07. The van der Waals surface area contributed by atoms with Gasteiger partial charge in [0.05, 0.1) is 5.69 Å². The molecular formula is C15H14Cl2N4. The summed E-state index contributed by atoms with van der Waals surface area (Å²) in [6.07, 6.45) is 1.85. The second-order valence-electron chi connectivity index (χ2n) is 4.94. The van der Waals surface area contributed by atoms with Gasteiger partial charge in [-0.1, -0.05) is 23.2 Å². The largest absolute Gasteiger partial charge is 0.381 e. The fourth-order valence-electron chi connectivity index (χ4n) is 2.31. The molecule has 0 saturated carbocycles. The first-order valence-corrected chi connectivity index (χ1v) is 7.27. The molecule has 1 N–H and O–H groups in total. The molecule has 0 saturated heterocycles. The first kappa shape index (κ1) is 14.2. The van der Waals surface area contributed by atoms with Gasteiger partial charge in [0.2, 0.25) is 0 Å². The van der Waals surface area contributed by atoms with Gasteiger partial charge in [-0.2, -0.15) is 5.10 Å². The molecule has 0 fully saturated rings. The van der Waals surface area contributed by atoms with Crippen molar-refractivity contribution in [3.05, 3.63) is 51.8 Å². The van der Waals surface area contributed by atoms with Crippen molar-refractivity contribution in [2.75, 3.05) is 5.32 Å². The molecule has 3 aromatic rings. The van der Waals surface area contributed by atoms with E-state index in [1.54, 1.807) is 10.7 Å². The van der Waals surface area contributed by atoms with Crippen LogP contribution in [0.2, 0.25) is 10.0 Å². The van der Waals surface area contributed by atoms with E-state index < -0.39 is 0 Å². The number of hydrogen-bond donors (Lipinski definition) is 1. The average molecular weight is 321 g/mol. The molecule has 0 atom stereocenters. The minimum absolute atomic E-state index is 0.613. The van der Waals surface area contributed by atoms with E-state index in [1.165, 1.54) is 0 Å². The number of nitrogens with zero attached hydrogens (tertiary/aromatic N) is 3. The summed E-state index contributed by atoms with van der Waals surface area (Å²) in [5.41, 5.74) is 3.83. The summed E-state index contributed by atoms with van der Waals surface area (Å²) in [5, 5.41) is 9.96. The normalized spacial score (nSPS) is 11.0. The fraction of sp³-hybridized carbons (Fsp3) is 0.200. The summed E-state index contributed by atoms with van der Waals surface area (Å²) >= 11 is 12.0. The highest BCUT2D eigenvalue weighted by atomic mass is 35.5. The lowest BCUT2D eigenvalue weighted by Gasteiger charge is -2.07. The van der Waals surface area contributed by atoms with Gasteiger partial charge in [0.1, 0.15) is 0 Å². The molecule has 2 heterocycles. The molecule has 108 valence electrons. The summed E-state index contributed by atoms with van der Waals surface area (Å²) in [6, 6.07) is 7.49. The third kappa shape index (κ3) is 2.96. The molecular weight excluding hydrogens is 307 g/mol. The SMILES string of the molecule is Cc1nn(C)c2ncc(CNc3cc(Cl)cc(Cl)c3)cc12. The van der Waals surface area contributed by atoms with Crippen LogP contribution in [0.1, 0.15) is 11.3 Å². The van der Waals surface area contributed by atoms with Gasteiger partial charge in [-0.15, -0.1) is 0 Å². The molecule has 0 amide bonds. The van der Waals surface area contributed by atoms with E-state index >= 15 is 0 Å². The standard InChI is InChI=1S/C15H14Cl2N4/c1-9-14-3-10(8-19-15(14)21(2)20-9)7-18-13-5-11(16)4-12(17)6-13/h3-6,8,18H,7H2,1-2H3. The highest BCUT2D eigenvalue weighted by molar-refractivity contribution is 6.35. The number of anilines is 1. The first-order valence-electron chi connectivity index (χ1n) is 6.51. The van der Waals surface area contributed by atoms with Crippen LogP contribution in [0.4, 0.5) is 5.69 Å². The third-order valence-corrected chi connectivity index (χ3v) is 3.72. The van der Waals surface area contributed by atoms with E-state index in [1.807, 2.05) is 32.3 Å². The maximum atomic E-state index is 5.99. The van der Waals surface area contributed by atoms with E-state index in [4.69, 9.17) is 23.2 Å². The molecule has 2 aromatic heterocycles. The monoisotopic (exact) mass is 320 g/mol. The lowest BCUT2D eigenvalue weighted by atomic mass is 10.2. The van der Waals surface area contributed by atoms with Crippen molar-refractivity contribution in [1.82, 2.24) is 14.8 Å².